The molecule has 0 aromatic heterocycles. The van der Waals surface area contributed by atoms with Crippen molar-refractivity contribution in [2.45, 2.75) is 62.7 Å². The zero-order valence-corrected chi connectivity index (χ0v) is 14.3. The predicted octanol–water partition coefficient (Wildman–Crippen LogP) is 0.183. The van der Waals surface area contributed by atoms with Gasteiger partial charge in [0.1, 0.15) is 12.2 Å². The lowest BCUT2D eigenvalue weighted by molar-refractivity contribution is -0.116. The number of nitrogens with two attached hydrogens (primary N) is 1. The van der Waals surface area contributed by atoms with Gasteiger partial charge in [0.25, 0.3) is 0 Å². The molecule has 0 aromatic rings. The number of hydrogen-bond donors (Lipinski definition) is 5. The first-order valence-electron chi connectivity index (χ1n) is 7.24. The van der Waals surface area contributed by atoms with Crippen molar-refractivity contribution in [2.75, 3.05) is 12.0 Å². The molecule has 1 aliphatic carbocycles. The van der Waals surface area contributed by atoms with Crippen molar-refractivity contribution in [2.24, 2.45) is 5.73 Å². The highest BCUT2D eigenvalue weighted by atomic mass is 32.2. The molecule has 10 heteroatoms. The van der Waals surface area contributed by atoms with Crippen LogP contribution in [0.5, 0.6) is 0 Å². The van der Waals surface area contributed by atoms with Gasteiger partial charge in [0.15, 0.2) is 6.29 Å². The summed E-state index contributed by atoms with van der Waals surface area (Å²) in [6, 6.07) is 0.536. The maximum Gasteiger partial charge on any atom is 0.472 e. The SMILES string of the molecule is CSC[C@H]1OC(OP(=O)(O)O)[C@H](O)[C@@H]1O.NC1CCCCC1. The Morgan fingerprint density at radius 3 is 2.23 bits per heavy atom. The second-order valence-electron chi connectivity index (χ2n) is 5.47. The fourth-order valence-electron chi connectivity index (χ4n) is 2.37. The van der Waals surface area contributed by atoms with Crippen LogP contribution in [-0.2, 0) is 13.8 Å². The Morgan fingerprint density at radius 1 is 1.23 bits per heavy atom. The molecule has 8 nitrogen and oxygen atoms in total. The highest BCUT2D eigenvalue weighted by Crippen LogP contribution is 2.41. The van der Waals surface area contributed by atoms with Crippen LogP contribution < -0.4 is 5.73 Å². The Bertz CT molecular complexity index is 363. The molecule has 2 rings (SSSR count). The summed E-state index contributed by atoms with van der Waals surface area (Å²) in [5.41, 5.74) is 5.63. The highest BCUT2D eigenvalue weighted by Gasteiger charge is 2.45. The van der Waals surface area contributed by atoms with E-state index in [4.69, 9.17) is 20.3 Å². The van der Waals surface area contributed by atoms with Gasteiger partial charge in [0.05, 0.1) is 6.10 Å². The third-order valence-corrected chi connectivity index (χ3v) is 4.68. The Morgan fingerprint density at radius 2 is 1.82 bits per heavy atom. The van der Waals surface area contributed by atoms with Gasteiger partial charge in [-0.25, -0.2) is 4.57 Å². The van der Waals surface area contributed by atoms with Crippen molar-refractivity contribution in [3.8, 4) is 0 Å². The van der Waals surface area contributed by atoms with Crippen LogP contribution in [0.2, 0.25) is 0 Å². The van der Waals surface area contributed by atoms with Gasteiger partial charge >= 0.3 is 7.82 Å². The lowest BCUT2D eigenvalue weighted by Crippen LogP contribution is -2.33. The van der Waals surface area contributed by atoms with E-state index in [-0.39, 0.29) is 0 Å². The number of thioether (sulfide) groups is 1. The molecule has 1 saturated heterocycles. The molecule has 1 aliphatic heterocycles. The van der Waals surface area contributed by atoms with E-state index in [1.54, 1.807) is 6.26 Å². The number of phosphoric acid groups is 1. The molecule has 132 valence electrons. The smallest absolute Gasteiger partial charge is 0.387 e. The monoisotopic (exact) mass is 359 g/mol. The topological polar surface area (TPSA) is 142 Å². The summed E-state index contributed by atoms with van der Waals surface area (Å²) in [5, 5.41) is 18.8. The van der Waals surface area contributed by atoms with Crippen LogP contribution in [0.25, 0.3) is 0 Å². The largest absolute Gasteiger partial charge is 0.472 e. The van der Waals surface area contributed by atoms with Crippen LogP contribution in [0.15, 0.2) is 0 Å². The van der Waals surface area contributed by atoms with Gasteiger partial charge in [-0.1, -0.05) is 19.3 Å². The van der Waals surface area contributed by atoms with Crippen molar-refractivity contribution in [1.82, 2.24) is 0 Å². The molecular formula is C12H26NO7PS. The zero-order valence-electron chi connectivity index (χ0n) is 12.6. The van der Waals surface area contributed by atoms with E-state index in [0.717, 1.165) is 0 Å². The molecule has 0 amide bonds. The molecular weight excluding hydrogens is 333 g/mol. The van der Waals surface area contributed by atoms with Gasteiger partial charge in [0, 0.05) is 11.8 Å². The molecule has 1 unspecified atom stereocenters. The number of aliphatic hydroxyl groups is 2. The zero-order chi connectivity index (χ0) is 16.8. The minimum atomic E-state index is -4.73. The Balaban J connectivity index is 0.000000287. The third kappa shape index (κ3) is 7.25. The first-order chi connectivity index (χ1) is 10.2. The Kier molecular flexibility index (Phi) is 8.84. The minimum absolute atomic E-state index is 0.402. The number of hydrogen-bond acceptors (Lipinski definition) is 7. The maximum atomic E-state index is 10.5. The molecule has 22 heavy (non-hydrogen) atoms. The number of aliphatic hydroxyl groups excluding tert-OH is 2. The summed E-state index contributed by atoms with van der Waals surface area (Å²) in [4.78, 5) is 17.0. The van der Waals surface area contributed by atoms with Crippen molar-refractivity contribution in [3.63, 3.8) is 0 Å². The molecule has 0 aromatic carbocycles. The van der Waals surface area contributed by atoms with Gasteiger partial charge in [-0.3, -0.25) is 4.52 Å². The Hall–Kier alpha value is 0.300. The van der Waals surface area contributed by atoms with Gasteiger partial charge in [0.2, 0.25) is 0 Å². The van der Waals surface area contributed by atoms with Crippen LogP contribution >= 0.6 is 19.6 Å². The van der Waals surface area contributed by atoms with E-state index >= 15 is 0 Å². The summed E-state index contributed by atoms with van der Waals surface area (Å²) in [5.74, 6) is 0.402. The highest BCUT2D eigenvalue weighted by molar-refractivity contribution is 7.98. The van der Waals surface area contributed by atoms with E-state index in [1.807, 2.05) is 0 Å². The summed E-state index contributed by atoms with van der Waals surface area (Å²) < 4.78 is 19.6. The third-order valence-electron chi connectivity index (χ3n) is 3.54. The summed E-state index contributed by atoms with van der Waals surface area (Å²) in [6.07, 6.45) is 3.61. The average molecular weight is 359 g/mol. The number of rotatable bonds is 4. The molecule has 0 bridgehead atoms. The van der Waals surface area contributed by atoms with Crippen molar-refractivity contribution in [3.05, 3.63) is 0 Å². The van der Waals surface area contributed by atoms with Crippen LogP contribution in [0.4, 0.5) is 0 Å². The standard InChI is InChI=1S/C6H13N.C6H13O7PS/c7-6-4-2-1-3-5-6;1-15-2-3-4(7)5(8)6(12-3)13-14(9,10)11/h6H,1-5,7H2;3-8H,2H2,1H3,(H2,9,10,11)/t;3-,4-,5-,6?/m.1/s1. The van der Waals surface area contributed by atoms with Crippen molar-refractivity contribution >= 4 is 19.6 Å². The fourth-order valence-corrected chi connectivity index (χ4v) is 3.42. The van der Waals surface area contributed by atoms with Crippen LogP contribution in [0, 0.1) is 0 Å². The molecule has 0 radical (unpaired) electrons. The second-order valence-corrected chi connectivity index (χ2v) is 7.58. The van der Waals surface area contributed by atoms with Gasteiger partial charge in [-0.2, -0.15) is 11.8 Å². The fraction of sp³-hybridized carbons (Fsp3) is 1.00. The lowest BCUT2D eigenvalue weighted by atomic mass is 9.97. The summed E-state index contributed by atoms with van der Waals surface area (Å²) >= 11 is 1.38. The maximum absolute atomic E-state index is 10.5. The van der Waals surface area contributed by atoms with Crippen LogP contribution in [-0.4, -0.2) is 62.7 Å². The number of phosphoric ester groups is 1. The van der Waals surface area contributed by atoms with Gasteiger partial charge in [-0.15, -0.1) is 0 Å². The van der Waals surface area contributed by atoms with Crippen molar-refractivity contribution in [1.29, 1.82) is 0 Å². The molecule has 4 atom stereocenters. The first-order valence-corrected chi connectivity index (χ1v) is 10.2. The molecule has 1 saturated carbocycles. The summed E-state index contributed by atoms with van der Waals surface area (Å²) in [7, 11) is -4.73. The average Bonchev–Trinajstić information content (AvgIpc) is 2.67. The Labute approximate surface area is 134 Å². The number of ether oxygens (including phenoxy) is 1. The van der Waals surface area contributed by atoms with E-state index in [9.17, 15) is 14.8 Å². The minimum Gasteiger partial charge on any atom is -0.387 e. The summed E-state index contributed by atoms with van der Waals surface area (Å²) in [6.45, 7) is 0. The normalized spacial score (nSPS) is 33.4. The van der Waals surface area contributed by atoms with E-state index in [1.165, 1.54) is 43.9 Å². The van der Waals surface area contributed by atoms with Crippen LogP contribution in [0.1, 0.15) is 32.1 Å². The van der Waals surface area contributed by atoms with Gasteiger partial charge < -0.3 is 30.5 Å². The van der Waals surface area contributed by atoms with E-state index in [0.29, 0.717) is 11.8 Å². The first kappa shape index (κ1) is 20.3. The van der Waals surface area contributed by atoms with Gasteiger partial charge in [-0.05, 0) is 19.1 Å². The van der Waals surface area contributed by atoms with Crippen LogP contribution in [0.3, 0.4) is 0 Å². The molecule has 2 aliphatic rings. The van der Waals surface area contributed by atoms with E-state index in [2.05, 4.69) is 4.52 Å². The molecule has 2 fully saturated rings. The second kappa shape index (κ2) is 9.56. The molecule has 6 N–H and O–H groups in total. The van der Waals surface area contributed by atoms with E-state index < -0.39 is 32.4 Å². The predicted molar refractivity (Wildman–Crippen MR) is 83.2 cm³/mol. The lowest BCUT2D eigenvalue weighted by Gasteiger charge is -2.15. The van der Waals surface area contributed by atoms with Crippen molar-refractivity contribution < 1.29 is 33.8 Å². The molecule has 0 spiro atoms. The quantitative estimate of drug-likeness (QED) is 0.444. The molecule has 1 heterocycles.